The Kier molecular flexibility index (Phi) is 3.54. The van der Waals surface area contributed by atoms with Gasteiger partial charge in [0.2, 0.25) is 0 Å². The number of carbonyl (C=O) groups is 1. The van der Waals surface area contributed by atoms with Crippen LogP contribution >= 0.6 is 15.9 Å². The Balaban J connectivity index is 1.76. The van der Waals surface area contributed by atoms with Crippen LogP contribution in [0.15, 0.2) is 70.7 Å². The molecule has 4 nitrogen and oxygen atoms in total. The Bertz CT molecular complexity index is 950. The summed E-state index contributed by atoms with van der Waals surface area (Å²) in [6.07, 6.45) is 5.43. The SMILES string of the molecule is O=C1O[C@@]2(c3ccccc3)C=C3CCC[C@H]3N[N+]2=C1c1ccc(Br)cc1. The highest BCUT2D eigenvalue weighted by molar-refractivity contribution is 9.10. The second-order valence-corrected chi connectivity index (χ2v) is 7.85. The number of benzene rings is 2. The molecule has 0 saturated heterocycles. The van der Waals surface area contributed by atoms with Crippen molar-refractivity contribution in [1.82, 2.24) is 5.43 Å². The first-order valence-corrected chi connectivity index (χ1v) is 9.66. The smallest absolute Gasteiger partial charge is 0.382 e. The lowest BCUT2D eigenvalue weighted by molar-refractivity contribution is -0.692. The normalized spacial score (nSPS) is 26.7. The molecular weight excluding hydrogens is 392 g/mol. The fourth-order valence-corrected chi connectivity index (χ4v) is 4.41. The lowest BCUT2D eigenvalue weighted by atomic mass is 9.95. The summed E-state index contributed by atoms with van der Waals surface area (Å²) in [4.78, 5) is 12.9. The van der Waals surface area contributed by atoms with Gasteiger partial charge in [0.25, 0.3) is 0 Å². The zero-order valence-electron chi connectivity index (χ0n) is 14.1. The molecule has 3 aliphatic rings. The summed E-state index contributed by atoms with van der Waals surface area (Å²) in [5.74, 6) is -0.305. The van der Waals surface area contributed by atoms with Crippen LogP contribution < -0.4 is 5.43 Å². The third-order valence-corrected chi connectivity index (χ3v) is 5.90. The van der Waals surface area contributed by atoms with Gasteiger partial charge in [0.15, 0.2) is 0 Å². The van der Waals surface area contributed by atoms with Crippen LogP contribution in [-0.4, -0.2) is 22.4 Å². The third-order valence-electron chi connectivity index (χ3n) is 5.37. The number of nitrogens with one attached hydrogen (secondary N) is 1. The number of carbonyl (C=O) groups excluding carboxylic acids is 1. The third kappa shape index (κ3) is 2.27. The fraction of sp³-hybridized carbons (Fsp3) is 0.238. The van der Waals surface area contributed by atoms with E-state index in [-0.39, 0.29) is 12.0 Å². The van der Waals surface area contributed by atoms with Crippen LogP contribution in [0.5, 0.6) is 0 Å². The molecule has 2 atom stereocenters. The number of esters is 1. The predicted octanol–water partition coefficient (Wildman–Crippen LogP) is 3.66. The molecular formula is C21H18BrN2O2+. The van der Waals surface area contributed by atoms with Gasteiger partial charge in [0, 0.05) is 10.5 Å². The summed E-state index contributed by atoms with van der Waals surface area (Å²) in [6.45, 7) is 0. The van der Waals surface area contributed by atoms with Crippen molar-refractivity contribution in [2.24, 2.45) is 0 Å². The van der Waals surface area contributed by atoms with Crippen LogP contribution in [0.2, 0.25) is 0 Å². The summed E-state index contributed by atoms with van der Waals surface area (Å²) in [6, 6.07) is 18.0. The van der Waals surface area contributed by atoms with Crippen molar-refractivity contribution in [2.45, 2.75) is 31.0 Å². The van der Waals surface area contributed by atoms with E-state index in [0.29, 0.717) is 5.71 Å². The van der Waals surface area contributed by atoms with E-state index in [1.807, 2.05) is 59.3 Å². The van der Waals surface area contributed by atoms with Gasteiger partial charge in [-0.1, -0.05) is 38.8 Å². The van der Waals surface area contributed by atoms with Crippen LogP contribution in [0.4, 0.5) is 0 Å². The molecule has 1 saturated carbocycles. The van der Waals surface area contributed by atoms with Crippen LogP contribution in [0.25, 0.3) is 0 Å². The molecule has 2 heterocycles. The largest absolute Gasteiger partial charge is 0.412 e. The van der Waals surface area contributed by atoms with Gasteiger partial charge in [-0.15, -0.1) is 0 Å². The minimum absolute atomic E-state index is 0.270. The number of hydrogen-bond donors (Lipinski definition) is 1. The van der Waals surface area contributed by atoms with Gasteiger partial charge in [-0.3, -0.25) is 0 Å². The molecule has 26 heavy (non-hydrogen) atoms. The lowest BCUT2D eigenvalue weighted by Crippen LogP contribution is -2.53. The van der Waals surface area contributed by atoms with E-state index in [0.717, 1.165) is 34.9 Å². The summed E-state index contributed by atoms with van der Waals surface area (Å²) < 4.78 is 8.96. The van der Waals surface area contributed by atoms with Crippen molar-refractivity contribution in [2.75, 3.05) is 0 Å². The van der Waals surface area contributed by atoms with Gasteiger partial charge in [-0.05, 0) is 61.2 Å². The number of nitrogens with zero attached hydrogens (tertiary/aromatic N) is 1. The van der Waals surface area contributed by atoms with E-state index in [4.69, 9.17) is 4.74 Å². The van der Waals surface area contributed by atoms with Gasteiger partial charge in [0.1, 0.15) is 6.04 Å². The van der Waals surface area contributed by atoms with Gasteiger partial charge in [0.05, 0.1) is 11.1 Å². The molecule has 5 heteroatoms. The first-order valence-electron chi connectivity index (χ1n) is 8.87. The highest BCUT2D eigenvalue weighted by Gasteiger charge is 2.60. The zero-order chi connectivity index (χ0) is 17.7. The van der Waals surface area contributed by atoms with Gasteiger partial charge in [-0.25, -0.2) is 4.79 Å². The second-order valence-electron chi connectivity index (χ2n) is 6.94. The zero-order valence-corrected chi connectivity index (χ0v) is 15.7. The highest BCUT2D eigenvalue weighted by Crippen LogP contribution is 2.41. The predicted molar refractivity (Wildman–Crippen MR) is 102 cm³/mol. The first kappa shape index (κ1) is 15.8. The maximum atomic E-state index is 12.9. The van der Waals surface area contributed by atoms with Gasteiger partial charge >= 0.3 is 17.4 Å². The molecule has 130 valence electrons. The van der Waals surface area contributed by atoms with E-state index >= 15 is 0 Å². The van der Waals surface area contributed by atoms with Gasteiger partial charge in [-0.2, -0.15) is 5.43 Å². The average Bonchev–Trinajstić information content (AvgIpc) is 3.22. The highest BCUT2D eigenvalue weighted by atomic mass is 79.9. The average molecular weight is 410 g/mol. The Morgan fingerprint density at radius 2 is 1.88 bits per heavy atom. The quantitative estimate of drug-likeness (QED) is 0.467. The molecule has 1 fully saturated rings. The van der Waals surface area contributed by atoms with E-state index in [1.54, 1.807) is 0 Å². The number of ether oxygens (including phenoxy) is 1. The molecule has 1 N–H and O–H groups in total. The van der Waals surface area contributed by atoms with Crippen molar-refractivity contribution < 1.29 is 14.2 Å². The van der Waals surface area contributed by atoms with E-state index in [1.165, 1.54) is 5.57 Å². The second kappa shape index (κ2) is 5.81. The van der Waals surface area contributed by atoms with Crippen molar-refractivity contribution in [1.29, 1.82) is 0 Å². The summed E-state index contributed by atoms with van der Waals surface area (Å²) in [7, 11) is 0. The standard InChI is InChI=1S/C21H17BrN2O2/c22-17-11-9-14(10-12-17)19-20(25)26-21(16-6-2-1-3-7-16)13-15-5-4-8-18(15)23-24(19)21/h1-3,6-7,9-13,18H,4-5,8H2/p+1/t18-,21-/m1/s1. The number of hydrazine groups is 1. The molecule has 2 aromatic rings. The minimum Gasteiger partial charge on any atom is -0.382 e. The molecule has 0 amide bonds. The van der Waals surface area contributed by atoms with Crippen molar-refractivity contribution >= 4 is 27.6 Å². The molecule has 1 aliphatic carbocycles. The first-order chi connectivity index (χ1) is 12.7. The van der Waals surface area contributed by atoms with Crippen LogP contribution in [0.3, 0.4) is 0 Å². The number of halogens is 1. The Morgan fingerprint density at radius 3 is 2.65 bits per heavy atom. The molecule has 2 aliphatic heterocycles. The molecule has 0 spiro atoms. The Labute approximate surface area is 160 Å². The van der Waals surface area contributed by atoms with Gasteiger partial charge < -0.3 is 4.74 Å². The molecule has 5 rings (SSSR count). The van der Waals surface area contributed by atoms with Crippen molar-refractivity contribution in [3.8, 4) is 0 Å². The number of hydrogen-bond acceptors (Lipinski definition) is 3. The van der Waals surface area contributed by atoms with Crippen LogP contribution in [-0.2, 0) is 15.3 Å². The minimum atomic E-state index is -0.920. The van der Waals surface area contributed by atoms with Crippen LogP contribution in [0.1, 0.15) is 30.4 Å². The Hall–Kier alpha value is -2.40. The van der Waals surface area contributed by atoms with Crippen LogP contribution in [0, 0.1) is 0 Å². The molecule has 0 bridgehead atoms. The maximum absolute atomic E-state index is 12.9. The molecule has 0 unspecified atom stereocenters. The molecule has 2 aromatic carbocycles. The van der Waals surface area contributed by atoms with E-state index in [2.05, 4.69) is 27.4 Å². The number of rotatable bonds is 2. The maximum Gasteiger partial charge on any atom is 0.412 e. The molecule has 0 aromatic heterocycles. The van der Waals surface area contributed by atoms with E-state index < -0.39 is 5.72 Å². The van der Waals surface area contributed by atoms with E-state index in [9.17, 15) is 4.79 Å². The topological polar surface area (TPSA) is 41.3 Å². The number of hydrazone groups is 1. The monoisotopic (exact) mass is 409 g/mol. The fourth-order valence-electron chi connectivity index (χ4n) is 4.15. The molecule has 0 radical (unpaired) electrons. The Morgan fingerprint density at radius 1 is 1.12 bits per heavy atom. The number of fused-ring (bicyclic) bond motifs is 2. The summed E-state index contributed by atoms with van der Waals surface area (Å²) in [5.41, 5.74) is 6.34. The van der Waals surface area contributed by atoms with Crippen molar-refractivity contribution in [3.63, 3.8) is 0 Å². The van der Waals surface area contributed by atoms with Crippen molar-refractivity contribution in [3.05, 3.63) is 81.8 Å². The summed E-state index contributed by atoms with van der Waals surface area (Å²) >= 11 is 3.46. The summed E-state index contributed by atoms with van der Waals surface area (Å²) in [5, 5.41) is 0. The lowest BCUT2D eigenvalue weighted by Gasteiger charge is -2.29.